The summed E-state index contributed by atoms with van der Waals surface area (Å²) in [6.45, 7) is 1.83. The second-order valence-corrected chi connectivity index (χ2v) is 4.57. The molecule has 0 saturated heterocycles. The molecule has 0 radical (unpaired) electrons. The van der Waals surface area contributed by atoms with E-state index in [1.165, 1.54) is 0 Å². The van der Waals surface area contributed by atoms with E-state index in [0.717, 1.165) is 42.3 Å². The van der Waals surface area contributed by atoms with E-state index in [2.05, 4.69) is 20.2 Å². The van der Waals surface area contributed by atoms with E-state index in [4.69, 9.17) is 0 Å². The quantitative estimate of drug-likeness (QED) is 0.656. The second-order valence-electron chi connectivity index (χ2n) is 4.57. The van der Waals surface area contributed by atoms with E-state index in [0.29, 0.717) is 0 Å². The van der Waals surface area contributed by atoms with Gasteiger partial charge in [0.1, 0.15) is 0 Å². The molecule has 0 amide bonds. The van der Waals surface area contributed by atoms with Gasteiger partial charge in [-0.05, 0) is 18.6 Å². The maximum Gasteiger partial charge on any atom is 0.152 e. The fourth-order valence-corrected chi connectivity index (χ4v) is 2.41. The third kappa shape index (κ3) is 2.29. The minimum atomic E-state index is 0.755. The highest BCUT2D eigenvalue weighted by Crippen LogP contribution is 2.19. The highest BCUT2D eigenvalue weighted by atomic mass is 16.1. The van der Waals surface area contributed by atoms with Gasteiger partial charge >= 0.3 is 0 Å². The number of carbonyl (C=O) groups excluding carboxylic acids is 1. The van der Waals surface area contributed by atoms with Crippen molar-refractivity contribution in [2.75, 3.05) is 0 Å². The van der Waals surface area contributed by atoms with Gasteiger partial charge in [-0.3, -0.25) is 4.79 Å². The Morgan fingerprint density at radius 3 is 2.89 bits per heavy atom. The van der Waals surface area contributed by atoms with E-state index in [9.17, 15) is 4.79 Å². The van der Waals surface area contributed by atoms with Gasteiger partial charge in [0.05, 0.1) is 11.8 Å². The Morgan fingerprint density at radius 2 is 2.11 bits per heavy atom. The van der Waals surface area contributed by atoms with Crippen LogP contribution in [0.15, 0.2) is 49.2 Å². The van der Waals surface area contributed by atoms with Gasteiger partial charge in [0.2, 0.25) is 0 Å². The van der Waals surface area contributed by atoms with Crippen LogP contribution in [0.1, 0.15) is 16.8 Å². The third-order valence-corrected chi connectivity index (χ3v) is 3.32. The predicted molar refractivity (Wildman–Crippen MR) is 74.2 cm³/mol. The molecule has 1 aromatic carbocycles. The van der Waals surface area contributed by atoms with Crippen molar-refractivity contribution in [3.8, 4) is 0 Å². The molecule has 2 aromatic heterocycles. The van der Waals surface area contributed by atoms with Crippen LogP contribution in [0, 0.1) is 0 Å². The summed E-state index contributed by atoms with van der Waals surface area (Å²) in [5, 5.41) is 1.12. The highest BCUT2D eigenvalue weighted by Gasteiger charge is 2.05. The summed E-state index contributed by atoms with van der Waals surface area (Å²) in [6, 6.07) is 7.87. The lowest BCUT2D eigenvalue weighted by Crippen LogP contribution is -2.02. The van der Waals surface area contributed by atoms with Crippen LogP contribution in [-0.2, 0) is 13.1 Å². The molecule has 0 aliphatic carbocycles. The lowest BCUT2D eigenvalue weighted by molar-refractivity contribution is 0.112. The summed E-state index contributed by atoms with van der Waals surface area (Å²) in [6.07, 6.45) is 9.55. The van der Waals surface area contributed by atoms with Gasteiger partial charge in [-0.15, -0.1) is 0 Å². The molecule has 0 N–H and O–H groups in total. The Kier molecular flexibility index (Phi) is 3.14. The van der Waals surface area contributed by atoms with Gasteiger partial charge in [-0.1, -0.05) is 12.1 Å². The average Bonchev–Trinajstić information content (AvgIpc) is 3.08. The van der Waals surface area contributed by atoms with Crippen molar-refractivity contribution in [1.29, 1.82) is 0 Å². The molecule has 0 saturated carbocycles. The first-order chi connectivity index (χ1) is 9.38. The molecule has 3 rings (SSSR count). The smallest absolute Gasteiger partial charge is 0.152 e. The molecule has 0 spiro atoms. The van der Waals surface area contributed by atoms with Crippen molar-refractivity contribution in [1.82, 2.24) is 14.1 Å². The number of benzene rings is 1. The molecule has 96 valence electrons. The van der Waals surface area contributed by atoms with Gasteiger partial charge < -0.3 is 9.13 Å². The summed E-state index contributed by atoms with van der Waals surface area (Å²) in [5.41, 5.74) is 1.79. The summed E-state index contributed by atoms with van der Waals surface area (Å²) in [4.78, 5) is 15.1. The maximum atomic E-state index is 11.1. The Hall–Kier alpha value is -2.36. The normalized spacial score (nSPS) is 10.9. The van der Waals surface area contributed by atoms with Crippen molar-refractivity contribution in [3.63, 3.8) is 0 Å². The zero-order chi connectivity index (χ0) is 13.1. The van der Waals surface area contributed by atoms with Crippen LogP contribution in [0.5, 0.6) is 0 Å². The number of hydrogen-bond donors (Lipinski definition) is 0. The van der Waals surface area contributed by atoms with Gasteiger partial charge in [0, 0.05) is 42.6 Å². The van der Waals surface area contributed by atoms with Crippen LogP contribution in [0.25, 0.3) is 10.9 Å². The number of rotatable bonds is 5. The topological polar surface area (TPSA) is 39.8 Å². The van der Waals surface area contributed by atoms with Gasteiger partial charge in [0.25, 0.3) is 0 Å². The number of aldehydes is 1. The lowest BCUT2D eigenvalue weighted by atomic mass is 10.1. The summed E-state index contributed by atoms with van der Waals surface area (Å²) < 4.78 is 4.21. The average molecular weight is 253 g/mol. The fourth-order valence-electron chi connectivity index (χ4n) is 2.41. The van der Waals surface area contributed by atoms with Crippen molar-refractivity contribution < 1.29 is 4.79 Å². The van der Waals surface area contributed by atoms with Crippen molar-refractivity contribution in [2.24, 2.45) is 0 Å². The van der Waals surface area contributed by atoms with E-state index >= 15 is 0 Å². The number of carbonyl (C=O) groups is 1. The number of nitrogens with zero attached hydrogens (tertiary/aromatic N) is 3. The molecular weight excluding hydrogens is 238 g/mol. The van der Waals surface area contributed by atoms with Gasteiger partial charge in [-0.25, -0.2) is 4.98 Å². The molecule has 4 heteroatoms. The molecule has 0 bridgehead atoms. The summed E-state index contributed by atoms with van der Waals surface area (Å²) in [7, 11) is 0. The Bertz CT molecular complexity index is 683. The van der Waals surface area contributed by atoms with Crippen LogP contribution in [0.4, 0.5) is 0 Å². The number of aryl methyl sites for hydroxylation is 2. The molecule has 0 aliphatic rings. The van der Waals surface area contributed by atoms with E-state index in [1.807, 2.05) is 36.9 Å². The Labute approximate surface area is 111 Å². The highest BCUT2D eigenvalue weighted by molar-refractivity contribution is 5.96. The Balaban J connectivity index is 1.79. The van der Waals surface area contributed by atoms with Crippen LogP contribution in [-0.4, -0.2) is 20.4 Å². The molecule has 2 heterocycles. The zero-order valence-corrected chi connectivity index (χ0v) is 10.6. The first kappa shape index (κ1) is 11.7. The van der Waals surface area contributed by atoms with Crippen LogP contribution < -0.4 is 0 Å². The lowest BCUT2D eigenvalue weighted by Gasteiger charge is -2.07. The van der Waals surface area contributed by atoms with Crippen molar-refractivity contribution in [2.45, 2.75) is 19.5 Å². The van der Waals surface area contributed by atoms with Gasteiger partial charge in [-0.2, -0.15) is 0 Å². The first-order valence-corrected chi connectivity index (χ1v) is 6.37. The maximum absolute atomic E-state index is 11.1. The number of fused-ring (bicyclic) bond motifs is 1. The minimum absolute atomic E-state index is 0.755. The molecule has 0 aliphatic heterocycles. The molecule has 0 atom stereocenters. The van der Waals surface area contributed by atoms with Crippen LogP contribution in [0.2, 0.25) is 0 Å². The number of aromatic nitrogens is 3. The number of imidazole rings is 1. The summed E-state index contributed by atoms with van der Waals surface area (Å²) >= 11 is 0. The van der Waals surface area contributed by atoms with Gasteiger partial charge in [0.15, 0.2) is 6.29 Å². The fraction of sp³-hybridized carbons (Fsp3) is 0.200. The Morgan fingerprint density at radius 1 is 1.16 bits per heavy atom. The van der Waals surface area contributed by atoms with E-state index < -0.39 is 0 Å². The first-order valence-electron chi connectivity index (χ1n) is 6.37. The monoisotopic (exact) mass is 253 g/mol. The molecule has 0 fully saturated rings. The second kappa shape index (κ2) is 5.10. The SMILES string of the molecule is O=Cc1cccc2ccn(CCCn3ccnc3)c12. The van der Waals surface area contributed by atoms with Crippen LogP contribution >= 0.6 is 0 Å². The van der Waals surface area contributed by atoms with Crippen molar-refractivity contribution >= 4 is 17.2 Å². The molecular formula is C15H15N3O. The van der Waals surface area contributed by atoms with E-state index in [-0.39, 0.29) is 0 Å². The molecule has 0 unspecified atom stereocenters. The van der Waals surface area contributed by atoms with Crippen LogP contribution in [0.3, 0.4) is 0 Å². The minimum Gasteiger partial charge on any atom is -0.347 e. The summed E-state index contributed by atoms with van der Waals surface area (Å²) in [5.74, 6) is 0. The predicted octanol–water partition coefficient (Wildman–Crippen LogP) is 2.74. The molecule has 3 aromatic rings. The zero-order valence-electron chi connectivity index (χ0n) is 10.6. The van der Waals surface area contributed by atoms with Crippen molar-refractivity contribution in [3.05, 3.63) is 54.7 Å². The standard InChI is InChI=1S/C15H15N3O/c19-11-14-4-1-3-13-5-9-18(15(13)14)8-2-7-17-10-6-16-12-17/h1,3-6,9-12H,2,7-8H2. The third-order valence-electron chi connectivity index (χ3n) is 3.32. The van der Waals surface area contributed by atoms with E-state index in [1.54, 1.807) is 6.20 Å². The molecule has 4 nitrogen and oxygen atoms in total. The molecule has 19 heavy (non-hydrogen) atoms. The number of para-hydroxylation sites is 1. The largest absolute Gasteiger partial charge is 0.347 e. The number of hydrogen-bond acceptors (Lipinski definition) is 2.